The van der Waals surface area contributed by atoms with Crippen molar-refractivity contribution in [2.24, 2.45) is 0 Å². The third kappa shape index (κ3) is 3.90. The number of carboxylic acid groups (broad SMARTS) is 1. The standard InChI is InChI=1S/C13H17NO3/c1-9-6-10(2)8-12(7-9)14(11(3)15)5-4-13(16)17/h6-8H,4-5H2,1-3H3,(H,16,17). The molecule has 0 saturated carbocycles. The van der Waals surface area contributed by atoms with Crippen molar-refractivity contribution in [1.82, 2.24) is 0 Å². The van der Waals surface area contributed by atoms with Crippen LogP contribution >= 0.6 is 0 Å². The summed E-state index contributed by atoms with van der Waals surface area (Å²) in [4.78, 5) is 23.6. The smallest absolute Gasteiger partial charge is 0.305 e. The molecule has 1 aromatic carbocycles. The van der Waals surface area contributed by atoms with Crippen LogP contribution in [0.15, 0.2) is 18.2 Å². The number of hydrogen-bond donors (Lipinski definition) is 1. The molecule has 0 unspecified atom stereocenters. The van der Waals surface area contributed by atoms with Crippen molar-refractivity contribution in [3.8, 4) is 0 Å². The zero-order chi connectivity index (χ0) is 13.0. The van der Waals surface area contributed by atoms with Crippen LogP contribution in [-0.4, -0.2) is 23.5 Å². The van der Waals surface area contributed by atoms with Crippen molar-refractivity contribution in [3.63, 3.8) is 0 Å². The highest BCUT2D eigenvalue weighted by molar-refractivity contribution is 5.92. The van der Waals surface area contributed by atoms with E-state index in [-0.39, 0.29) is 18.9 Å². The first-order chi connectivity index (χ1) is 7.90. The van der Waals surface area contributed by atoms with E-state index < -0.39 is 5.97 Å². The van der Waals surface area contributed by atoms with Crippen LogP contribution in [0.25, 0.3) is 0 Å². The summed E-state index contributed by atoms with van der Waals surface area (Å²) in [7, 11) is 0. The monoisotopic (exact) mass is 235 g/mol. The number of rotatable bonds is 4. The van der Waals surface area contributed by atoms with E-state index in [0.29, 0.717) is 0 Å². The first kappa shape index (κ1) is 13.2. The van der Waals surface area contributed by atoms with Gasteiger partial charge in [0.2, 0.25) is 5.91 Å². The Bertz CT molecular complexity index is 420. The van der Waals surface area contributed by atoms with E-state index in [1.807, 2.05) is 32.0 Å². The van der Waals surface area contributed by atoms with Crippen LogP contribution in [0.3, 0.4) is 0 Å². The van der Waals surface area contributed by atoms with E-state index in [2.05, 4.69) is 0 Å². The number of nitrogens with zero attached hydrogens (tertiary/aromatic N) is 1. The zero-order valence-electron chi connectivity index (χ0n) is 10.4. The quantitative estimate of drug-likeness (QED) is 0.869. The van der Waals surface area contributed by atoms with Crippen molar-refractivity contribution in [2.75, 3.05) is 11.4 Å². The van der Waals surface area contributed by atoms with Gasteiger partial charge in [0.25, 0.3) is 0 Å². The molecule has 0 saturated heterocycles. The number of aryl methyl sites for hydroxylation is 2. The van der Waals surface area contributed by atoms with Crippen LogP contribution in [0.5, 0.6) is 0 Å². The fourth-order valence-corrected chi connectivity index (χ4v) is 1.78. The van der Waals surface area contributed by atoms with Crippen LogP contribution in [0, 0.1) is 13.8 Å². The van der Waals surface area contributed by atoms with E-state index in [4.69, 9.17) is 5.11 Å². The van der Waals surface area contributed by atoms with Crippen molar-refractivity contribution in [1.29, 1.82) is 0 Å². The molecule has 1 rings (SSSR count). The first-order valence-electron chi connectivity index (χ1n) is 5.48. The predicted molar refractivity (Wildman–Crippen MR) is 66.2 cm³/mol. The second-order valence-corrected chi connectivity index (χ2v) is 4.16. The highest BCUT2D eigenvalue weighted by Crippen LogP contribution is 2.19. The minimum absolute atomic E-state index is 0.0490. The van der Waals surface area contributed by atoms with Gasteiger partial charge in [-0.3, -0.25) is 9.59 Å². The van der Waals surface area contributed by atoms with Gasteiger partial charge in [0.15, 0.2) is 0 Å². The second kappa shape index (κ2) is 5.48. The maximum absolute atomic E-state index is 11.5. The van der Waals surface area contributed by atoms with Crippen molar-refractivity contribution < 1.29 is 14.7 Å². The van der Waals surface area contributed by atoms with Gasteiger partial charge < -0.3 is 10.0 Å². The topological polar surface area (TPSA) is 57.6 Å². The van der Waals surface area contributed by atoms with E-state index in [1.54, 1.807) is 0 Å². The summed E-state index contributed by atoms with van der Waals surface area (Å²) in [5.74, 6) is -1.04. The first-order valence-corrected chi connectivity index (χ1v) is 5.48. The Balaban J connectivity index is 2.96. The molecule has 1 aromatic rings. The molecule has 1 N–H and O–H groups in total. The van der Waals surface area contributed by atoms with Gasteiger partial charge in [-0.1, -0.05) is 6.07 Å². The Hall–Kier alpha value is -1.84. The Morgan fingerprint density at radius 1 is 1.18 bits per heavy atom. The summed E-state index contributed by atoms with van der Waals surface area (Å²) in [6.07, 6.45) is -0.0490. The molecule has 0 bridgehead atoms. The van der Waals surface area contributed by atoms with Gasteiger partial charge >= 0.3 is 5.97 Å². The minimum Gasteiger partial charge on any atom is -0.481 e. The molecule has 0 fully saturated rings. The Morgan fingerprint density at radius 2 is 1.71 bits per heavy atom. The summed E-state index contributed by atoms with van der Waals surface area (Å²) in [5.41, 5.74) is 2.87. The maximum atomic E-state index is 11.5. The lowest BCUT2D eigenvalue weighted by Gasteiger charge is -2.21. The summed E-state index contributed by atoms with van der Waals surface area (Å²) in [5, 5.41) is 8.66. The van der Waals surface area contributed by atoms with Crippen molar-refractivity contribution in [2.45, 2.75) is 27.2 Å². The Kier molecular flexibility index (Phi) is 4.26. The molecule has 0 heterocycles. The average Bonchev–Trinajstić information content (AvgIpc) is 2.14. The summed E-state index contributed by atoms with van der Waals surface area (Å²) >= 11 is 0. The fraction of sp³-hybridized carbons (Fsp3) is 0.385. The number of carboxylic acids is 1. The predicted octanol–water partition coefficient (Wildman–Crippen LogP) is 2.13. The second-order valence-electron chi connectivity index (χ2n) is 4.16. The molecule has 0 aromatic heterocycles. The van der Waals surface area contributed by atoms with Crippen molar-refractivity contribution >= 4 is 17.6 Å². The number of hydrogen-bond acceptors (Lipinski definition) is 2. The molecule has 0 aliphatic heterocycles. The third-order valence-electron chi connectivity index (χ3n) is 2.45. The van der Waals surface area contributed by atoms with E-state index in [9.17, 15) is 9.59 Å². The largest absolute Gasteiger partial charge is 0.481 e. The maximum Gasteiger partial charge on any atom is 0.305 e. The molecule has 1 amide bonds. The summed E-state index contributed by atoms with van der Waals surface area (Å²) < 4.78 is 0. The van der Waals surface area contributed by atoms with Gasteiger partial charge in [-0.05, 0) is 37.1 Å². The van der Waals surface area contributed by atoms with Crippen LogP contribution < -0.4 is 4.90 Å². The lowest BCUT2D eigenvalue weighted by atomic mass is 10.1. The van der Waals surface area contributed by atoms with E-state index >= 15 is 0 Å². The average molecular weight is 235 g/mol. The molecular formula is C13H17NO3. The number of aliphatic carboxylic acids is 1. The van der Waals surface area contributed by atoms with Gasteiger partial charge in [-0.25, -0.2) is 0 Å². The highest BCUT2D eigenvalue weighted by atomic mass is 16.4. The van der Waals surface area contributed by atoms with Gasteiger partial charge in [0.05, 0.1) is 6.42 Å². The summed E-state index contributed by atoms with van der Waals surface area (Å²) in [6.45, 7) is 5.55. The van der Waals surface area contributed by atoms with Crippen LogP contribution in [-0.2, 0) is 9.59 Å². The zero-order valence-corrected chi connectivity index (χ0v) is 10.4. The lowest BCUT2D eigenvalue weighted by molar-refractivity contribution is -0.136. The van der Waals surface area contributed by atoms with Gasteiger partial charge in [0.1, 0.15) is 0 Å². The van der Waals surface area contributed by atoms with Gasteiger partial charge in [-0.15, -0.1) is 0 Å². The minimum atomic E-state index is -0.902. The summed E-state index contributed by atoms with van der Waals surface area (Å²) in [6, 6.07) is 5.78. The number of amides is 1. The van der Waals surface area contributed by atoms with Crippen molar-refractivity contribution in [3.05, 3.63) is 29.3 Å². The third-order valence-corrected chi connectivity index (χ3v) is 2.45. The molecule has 4 nitrogen and oxygen atoms in total. The molecule has 92 valence electrons. The Morgan fingerprint density at radius 3 is 2.12 bits per heavy atom. The van der Waals surface area contributed by atoms with Crippen LogP contribution in [0.1, 0.15) is 24.5 Å². The number of anilines is 1. The molecule has 0 atom stereocenters. The van der Waals surface area contributed by atoms with Crippen LogP contribution in [0.2, 0.25) is 0 Å². The lowest BCUT2D eigenvalue weighted by Crippen LogP contribution is -2.30. The van der Waals surface area contributed by atoms with Gasteiger partial charge in [-0.2, -0.15) is 0 Å². The fourth-order valence-electron chi connectivity index (χ4n) is 1.78. The van der Waals surface area contributed by atoms with E-state index in [0.717, 1.165) is 16.8 Å². The number of benzene rings is 1. The normalized spacial score (nSPS) is 10.1. The van der Waals surface area contributed by atoms with E-state index in [1.165, 1.54) is 11.8 Å². The molecule has 0 radical (unpaired) electrons. The Labute approximate surface area is 101 Å². The highest BCUT2D eigenvalue weighted by Gasteiger charge is 2.13. The number of carbonyl (C=O) groups is 2. The number of carbonyl (C=O) groups excluding carboxylic acids is 1. The SMILES string of the molecule is CC(=O)N(CCC(=O)O)c1cc(C)cc(C)c1. The molecular weight excluding hydrogens is 218 g/mol. The molecule has 17 heavy (non-hydrogen) atoms. The molecule has 4 heteroatoms. The van der Waals surface area contributed by atoms with Gasteiger partial charge in [0, 0.05) is 19.2 Å². The molecule has 0 aliphatic rings. The molecule has 0 spiro atoms. The van der Waals surface area contributed by atoms with Crippen LogP contribution in [0.4, 0.5) is 5.69 Å². The molecule has 0 aliphatic carbocycles.